The molecule has 2 aliphatic carbocycles. The predicted octanol–water partition coefficient (Wildman–Crippen LogP) is 3.73. The molecule has 0 spiro atoms. The van der Waals surface area contributed by atoms with Crippen LogP contribution in [0.25, 0.3) is 0 Å². The Bertz CT molecular complexity index is 448. The van der Waals surface area contributed by atoms with Crippen LogP contribution in [0, 0.1) is 11.8 Å². The van der Waals surface area contributed by atoms with Crippen LogP contribution >= 0.6 is 0 Å². The molecule has 0 bridgehead atoms. The summed E-state index contributed by atoms with van der Waals surface area (Å²) in [6, 6.07) is 0. The second-order valence-corrected chi connectivity index (χ2v) is 7.27. The van der Waals surface area contributed by atoms with Gasteiger partial charge >= 0.3 is 0 Å². The van der Waals surface area contributed by atoms with E-state index in [1.165, 1.54) is 25.7 Å². The highest BCUT2D eigenvalue weighted by Gasteiger charge is 2.38. The van der Waals surface area contributed by atoms with Crippen molar-refractivity contribution in [3.05, 3.63) is 11.7 Å². The highest BCUT2D eigenvalue weighted by molar-refractivity contribution is 5.07. The summed E-state index contributed by atoms with van der Waals surface area (Å²) in [6.45, 7) is 4.61. The third-order valence-electron chi connectivity index (χ3n) is 5.34. The molecule has 2 N–H and O–H groups in total. The van der Waals surface area contributed by atoms with Gasteiger partial charge in [-0.2, -0.15) is 4.98 Å². The van der Waals surface area contributed by atoms with Crippen LogP contribution < -0.4 is 5.73 Å². The SMILES string of the molecule is CC1CCC(N)(c2nc(C3CCCC(C)C3)no2)CC1. The summed E-state index contributed by atoms with van der Waals surface area (Å²) in [5.41, 5.74) is 6.14. The van der Waals surface area contributed by atoms with Gasteiger partial charge in [-0.1, -0.05) is 31.8 Å². The summed E-state index contributed by atoms with van der Waals surface area (Å²) in [6.07, 6.45) is 9.25. The van der Waals surface area contributed by atoms with Gasteiger partial charge in [0.1, 0.15) is 0 Å². The fraction of sp³-hybridized carbons (Fsp3) is 0.875. The van der Waals surface area contributed by atoms with Crippen LogP contribution in [-0.4, -0.2) is 10.1 Å². The Morgan fingerprint density at radius 2 is 1.85 bits per heavy atom. The molecule has 2 unspecified atom stereocenters. The number of hydrogen-bond acceptors (Lipinski definition) is 4. The van der Waals surface area contributed by atoms with Crippen molar-refractivity contribution in [3.63, 3.8) is 0 Å². The van der Waals surface area contributed by atoms with E-state index in [4.69, 9.17) is 10.3 Å². The lowest BCUT2D eigenvalue weighted by Gasteiger charge is -2.32. The number of nitrogens with zero attached hydrogens (tertiary/aromatic N) is 2. The lowest BCUT2D eigenvalue weighted by atomic mass is 9.77. The standard InChI is InChI=1S/C16H27N3O/c1-11-6-8-16(17,9-7-11)15-18-14(19-20-15)13-5-3-4-12(2)10-13/h11-13H,3-10,17H2,1-2H3. The van der Waals surface area contributed by atoms with E-state index in [2.05, 4.69) is 24.0 Å². The summed E-state index contributed by atoms with van der Waals surface area (Å²) in [7, 11) is 0. The van der Waals surface area contributed by atoms with Crippen molar-refractivity contribution in [2.75, 3.05) is 0 Å². The van der Waals surface area contributed by atoms with E-state index >= 15 is 0 Å². The molecule has 0 amide bonds. The summed E-state index contributed by atoms with van der Waals surface area (Å²) < 4.78 is 5.54. The van der Waals surface area contributed by atoms with E-state index in [0.29, 0.717) is 11.8 Å². The Balaban J connectivity index is 1.73. The molecule has 20 heavy (non-hydrogen) atoms. The molecule has 4 nitrogen and oxygen atoms in total. The molecule has 0 aliphatic heterocycles. The summed E-state index contributed by atoms with van der Waals surface area (Å²) in [5, 5.41) is 4.25. The van der Waals surface area contributed by atoms with Crippen molar-refractivity contribution in [1.29, 1.82) is 0 Å². The average Bonchev–Trinajstić information content (AvgIpc) is 2.93. The van der Waals surface area contributed by atoms with Gasteiger partial charge in [0.25, 0.3) is 0 Å². The van der Waals surface area contributed by atoms with Crippen LogP contribution in [0.1, 0.15) is 82.8 Å². The van der Waals surface area contributed by atoms with E-state index in [-0.39, 0.29) is 5.54 Å². The minimum absolute atomic E-state index is 0.377. The molecule has 112 valence electrons. The number of hydrogen-bond donors (Lipinski definition) is 1. The van der Waals surface area contributed by atoms with Gasteiger partial charge in [-0.15, -0.1) is 0 Å². The van der Waals surface area contributed by atoms with Crippen molar-refractivity contribution < 1.29 is 4.52 Å². The van der Waals surface area contributed by atoms with Crippen molar-refractivity contribution in [1.82, 2.24) is 10.1 Å². The second-order valence-electron chi connectivity index (χ2n) is 7.27. The Kier molecular flexibility index (Phi) is 3.85. The van der Waals surface area contributed by atoms with E-state index < -0.39 is 0 Å². The van der Waals surface area contributed by atoms with E-state index in [9.17, 15) is 0 Å². The van der Waals surface area contributed by atoms with Gasteiger partial charge in [-0.3, -0.25) is 0 Å². The highest BCUT2D eigenvalue weighted by atomic mass is 16.5. The predicted molar refractivity (Wildman–Crippen MR) is 78.2 cm³/mol. The van der Waals surface area contributed by atoms with Crippen molar-refractivity contribution in [2.24, 2.45) is 17.6 Å². The molecule has 0 radical (unpaired) electrons. The van der Waals surface area contributed by atoms with Crippen molar-refractivity contribution in [3.8, 4) is 0 Å². The molecular weight excluding hydrogens is 250 g/mol. The minimum atomic E-state index is -0.377. The van der Waals surface area contributed by atoms with Gasteiger partial charge in [0.05, 0.1) is 5.54 Å². The normalized spacial score (nSPS) is 38.9. The average molecular weight is 277 g/mol. The molecular formula is C16H27N3O. The number of aromatic nitrogens is 2. The maximum atomic E-state index is 6.52. The zero-order chi connectivity index (χ0) is 14.2. The van der Waals surface area contributed by atoms with E-state index in [1.54, 1.807) is 0 Å². The van der Waals surface area contributed by atoms with Gasteiger partial charge in [0.15, 0.2) is 5.82 Å². The zero-order valence-electron chi connectivity index (χ0n) is 12.8. The Labute approximate surface area is 121 Å². The lowest BCUT2D eigenvalue weighted by molar-refractivity contribution is 0.190. The molecule has 2 atom stereocenters. The Hall–Kier alpha value is -0.900. The van der Waals surface area contributed by atoms with Crippen LogP contribution in [0.2, 0.25) is 0 Å². The molecule has 3 rings (SSSR count). The topological polar surface area (TPSA) is 64.9 Å². The molecule has 1 aromatic rings. The van der Waals surface area contributed by atoms with E-state index in [1.807, 2.05) is 0 Å². The first-order valence-corrected chi connectivity index (χ1v) is 8.20. The largest absolute Gasteiger partial charge is 0.337 e. The van der Waals surface area contributed by atoms with Crippen LogP contribution in [0.15, 0.2) is 4.52 Å². The molecule has 2 saturated carbocycles. The molecule has 0 saturated heterocycles. The monoisotopic (exact) mass is 277 g/mol. The quantitative estimate of drug-likeness (QED) is 0.894. The van der Waals surface area contributed by atoms with Gasteiger partial charge < -0.3 is 10.3 Å². The van der Waals surface area contributed by atoms with Gasteiger partial charge in [-0.25, -0.2) is 0 Å². The molecule has 2 aliphatic rings. The maximum Gasteiger partial charge on any atom is 0.246 e. The fourth-order valence-electron chi connectivity index (χ4n) is 3.76. The first-order valence-electron chi connectivity index (χ1n) is 8.20. The van der Waals surface area contributed by atoms with E-state index in [0.717, 1.165) is 43.3 Å². The number of rotatable bonds is 2. The Morgan fingerprint density at radius 1 is 1.10 bits per heavy atom. The molecule has 1 heterocycles. The number of nitrogens with two attached hydrogens (primary N) is 1. The van der Waals surface area contributed by atoms with Crippen LogP contribution in [0.5, 0.6) is 0 Å². The first-order chi connectivity index (χ1) is 9.57. The minimum Gasteiger partial charge on any atom is -0.337 e. The maximum absolute atomic E-state index is 6.52. The molecule has 4 heteroatoms. The Morgan fingerprint density at radius 3 is 2.55 bits per heavy atom. The van der Waals surface area contributed by atoms with Crippen LogP contribution in [-0.2, 0) is 5.54 Å². The van der Waals surface area contributed by atoms with Gasteiger partial charge in [0.2, 0.25) is 5.89 Å². The van der Waals surface area contributed by atoms with Crippen LogP contribution in [0.4, 0.5) is 0 Å². The van der Waals surface area contributed by atoms with Gasteiger partial charge in [0, 0.05) is 5.92 Å². The zero-order valence-corrected chi connectivity index (χ0v) is 12.8. The van der Waals surface area contributed by atoms with Crippen molar-refractivity contribution in [2.45, 2.75) is 76.7 Å². The lowest BCUT2D eigenvalue weighted by Crippen LogP contribution is -2.40. The first kappa shape index (κ1) is 14.1. The molecule has 2 fully saturated rings. The highest BCUT2D eigenvalue weighted by Crippen LogP contribution is 2.39. The molecule has 0 aromatic carbocycles. The third kappa shape index (κ3) is 2.76. The second kappa shape index (κ2) is 5.47. The van der Waals surface area contributed by atoms with Crippen LogP contribution in [0.3, 0.4) is 0 Å². The van der Waals surface area contributed by atoms with Crippen molar-refractivity contribution >= 4 is 0 Å². The van der Waals surface area contributed by atoms with Gasteiger partial charge in [-0.05, 0) is 50.4 Å². The smallest absolute Gasteiger partial charge is 0.246 e. The summed E-state index contributed by atoms with van der Waals surface area (Å²) >= 11 is 0. The molecule has 1 aromatic heterocycles. The summed E-state index contributed by atoms with van der Waals surface area (Å²) in [5.74, 6) is 3.60. The fourth-order valence-corrected chi connectivity index (χ4v) is 3.76. The third-order valence-corrected chi connectivity index (χ3v) is 5.34. The summed E-state index contributed by atoms with van der Waals surface area (Å²) in [4.78, 5) is 4.69.